The largest absolute Gasteiger partial charge is 0.370 e. The van der Waals surface area contributed by atoms with Gasteiger partial charge in [0.25, 0.3) is 0 Å². The van der Waals surface area contributed by atoms with Gasteiger partial charge in [-0.3, -0.25) is 4.79 Å². The number of rotatable bonds is 5. The van der Waals surface area contributed by atoms with Crippen molar-refractivity contribution in [1.82, 2.24) is 5.32 Å². The van der Waals surface area contributed by atoms with Crippen molar-refractivity contribution in [1.29, 1.82) is 0 Å². The summed E-state index contributed by atoms with van der Waals surface area (Å²) < 4.78 is 13.3. The minimum atomic E-state index is -0.419. The fraction of sp³-hybridized carbons (Fsp3) is 0.278. The van der Waals surface area contributed by atoms with Crippen LogP contribution in [0.2, 0.25) is 5.02 Å². The van der Waals surface area contributed by atoms with E-state index in [1.165, 1.54) is 6.07 Å². The molecule has 1 heterocycles. The molecule has 0 radical (unpaired) electrons. The van der Waals surface area contributed by atoms with Crippen molar-refractivity contribution in [3.05, 3.63) is 64.4 Å². The number of hydrogen-bond acceptors (Lipinski definition) is 3. The molecule has 1 fully saturated rings. The van der Waals surface area contributed by atoms with Crippen molar-refractivity contribution in [2.24, 2.45) is 5.73 Å². The summed E-state index contributed by atoms with van der Waals surface area (Å²) in [4.78, 5) is 13.4. The van der Waals surface area contributed by atoms with Crippen molar-refractivity contribution >= 4 is 23.2 Å². The zero-order valence-corrected chi connectivity index (χ0v) is 13.9. The topological polar surface area (TPSA) is 58.4 Å². The monoisotopic (exact) mass is 347 g/mol. The van der Waals surface area contributed by atoms with E-state index < -0.39 is 11.7 Å². The number of nitrogens with two attached hydrogens (primary N) is 1. The first-order chi connectivity index (χ1) is 11.5. The zero-order chi connectivity index (χ0) is 17.1. The number of carbonyl (C=O) groups is 1. The van der Waals surface area contributed by atoms with E-state index in [2.05, 4.69) is 10.2 Å². The molecule has 0 saturated carbocycles. The molecule has 1 amide bonds. The Morgan fingerprint density at radius 3 is 2.92 bits per heavy atom. The SMILES string of the molecule is NC(=O)c1cccc(CN[C@@H]2CCN(c3ccc(F)c(Cl)c3)C2)c1. The molecule has 126 valence electrons. The maximum atomic E-state index is 13.3. The fourth-order valence-electron chi connectivity index (χ4n) is 2.94. The maximum absolute atomic E-state index is 13.3. The highest BCUT2D eigenvalue weighted by atomic mass is 35.5. The lowest BCUT2D eigenvalue weighted by Crippen LogP contribution is -2.32. The summed E-state index contributed by atoms with van der Waals surface area (Å²) in [5, 5.41) is 3.63. The summed E-state index contributed by atoms with van der Waals surface area (Å²) in [6, 6.07) is 12.4. The van der Waals surface area contributed by atoms with Crippen LogP contribution in [0.4, 0.5) is 10.1 Å². The molecule has 0 aliphatic carbocycles. The number of nitrogens with one attached hydrogen (secondary N) is 1. The van der Waals surface area contributed by atoms with Crippen molar-refractivity contribution < 1.29 is 9.18 Å². The van der Waals surface area contributed by atoms with Gasteiger partial charge in [-0.2, -0.15) is 0 Å². The Labute approximate surface area is 145 Å². The van der Waals surface area contributed by atoms with Gasteiger partial charge in [-0.15, -0.1) is 0 Å². The maximum Gasteiger partial charge on any atom is 0.248 e. The van der Waals surface area contributed by atoms with Crippen LogP contribution in [0.25, 0.3) is 0 Å². The Bertz CT molecular complexity index is 753. The Morgan fingerprint density at radius 2 is 2.17 bits per heavy atom. The van der Waals surface area contributed by atoms with Crippen molar-refractivity contribution in [3.63, 3.8) is 0 Å². The van der Waals surface area contributed by atoms with Crippen LogP contribution in [-0.2, 0) is 6.54 Å². The fourth-order valence-corrected chi connectivity index (χ4v) is 3.11. The molecule has 1 aliphatic heterocycles. The van der Waals surface area contributed by atoms with E-state index in [9.17, 15) is 9.18 Å². The van der Waals surface area contributed by atoms with Gasteiger partial charge in [0.15, 0.2) is 0 Å². The molecule has 1 aliphatic rings. The molecule has 0 bridgehead atoms. The molecule has 0 spiro atoms. The minimum absolute atomic E-state index is 0.146. The van der Waals surface area contributed by atoms with Crippen LogP contribution < -0.4 is 16.0 Å². The Kier molecular flexibility index (Phi) is 5.02. The molecular formula is C18H19ClFN3O. The summed E-state index contributed by atoms with van der Waals surface area (Å²) in [6.07, 6.45) is 0.991. The van der Waals surface area contributed by atoms with Crippen LogP contribution in [0.5, 0.6) is 0 Å². The molecule has 0 aromatic heterocycles. The first-order valence-corrected chi connectivity index (χ1v) is 8.23. The van der Waals surface area contributed by atoms with Gasteiger partial charge in [0.2, 0.25) is 5.91 Å². The normalized spacial score (nSPS) is 17.2. The van der Waals surface area contributed by atoms with E-state index in [1.807, 2.05) is 18.2 Å². The second kappa shape index (κ2) is 7.20. The van der Waals surface area contributed by atoms with Crippen LogP contribution in [0.3, 0.4) is 0 Å². The second-order valence-electron chi connectivity index (χ2n) is 5.98. The van der Waals surface area contributed by atoms with Gasteiger partial charge in [0, 0.05) is 36.9 Å². The molecular weight excluding hydrogens is 329 g/mol. The van der Waals surface area contributed by atoms with Gasteiger partial charge in [-0.05, 0) is 42.3 Å². The highest BCUT2D eigenvalue weighted by Gasteiger charge is 2.22. The summed E-state index contributed by atoms with van der Waals surface area (Å²) in [6.45, 7) is 2.39. The van der Waals surface area contributed by atoms with Crippen LogP contribution in [0, 0.1) is 5.82 Å². The number of amides is 1. The second-order valence-corrected chi connectivity index (χ2v) is 6.38. The van der Waals surface area contributed by atoms with Crippen LogP contribution in [0.15, 0.2) is 42.5 Å². The van der Waals surface area contributed by atoms with Gasteiger partial charge in [0.1, 0.15) is 5.82 Å². The molecule has 0 unspecified atom stereocenters. The first-order valence-electron chi connectivity index (χ1n) is 7.85. The van der Waals surface area contributed by atoms with E-state index in [0.29, 0.717) is 18.2 Å². The summed E-state index contributed by atoms with van der Waals surface area (Å²) in [7, 11) is 0. The predicted octanol–water partition coefficient (Wildman–Crippen LogP) is 2.95. The molecule has 3 rings (SSSR count). The number of halogens is 2. The molecule has 3 N–H and O–H groups in total. The predicted molar refractivity (Wildman–Crippen MR) is 93.8 cm³/mol. The van der Waals surface area contributed by atoms with E-state index in [-0.39, 0.29) is 5.02 Å². The Hall–Kier alpha value is -2.11. The number of nitrogens with zero attached hydrogens (tertiary/aromatic N) is 1. The van der Waals surface area contributed by atoms with E-state index in [0.717, 1.165) is 30.8 Å². The molecule has 4 nitrogen and oxygen atoms in total. The van der Waals surface area contributed by atoms with E-state index in [4.69, 9.17) is 17.3 Å². The van der Waals surface area contributed by atoms with Crippen LogP contribution in [-0.4, -0.2) is 25.0 Å². The number of hydrogen-bond donors (Lipinski definition) is 2. The molecule has 1 saturated heterocycles. The number of benzene rings is 2. The van der Waals surface area contributed by atoms with Gasteiger partial charge in [-0.25, -0.2) is 4.39 Å². The van der Waals surface area contributed by atoms with Gasteiger partial charge >= 0.3 is 0 Å². The highest BCUT2D eigenvalue weighted by Crippen LogP contribution is 2.25. The Morgan fingerprint density at radius 1 is 1.33 bits per heavy atom. The van der Waals surface area contributed by atoms with Gasteiger partial charge in [0.05, 0.1) is 5.02 Å². The molecule has 2 aromatic carbocycles. The van der Waals surface area contributed by atoms with Crippen molar-refractivity contribution in [2.45, 2.75) is 19.0 Å². The number of primary amides is 1. The molecule has 24 heavy (non-hydrogen) atoms. The smallest absolute Gasteiger partial charge is 0.248 e. The van der Waals surface area contributed by atoms with E-state index >= 15 is 0 Å². The lowest BCUT2D eigenvalue weighted by Gasteiger charge is -2.19. The lowest BCUT2D eigenvalue weighted by molar-refractivity contribution is 0.1000. The number of carbonyl (C=O) groups excluding carboxylic acids is 1. The third-order valence-corrected chi connectivity index (χ3v) is 4.55. The first kappa shape index (κ1) is 16.7. The average Bonchev–Trinajstić information content (AvgIpc) is 3.05. The van der Waals surface area contributed by atoms with Crippen molar-refractivity contribution in [3.8, 4) is 0 Å². The minimum Gasteiger partial charge on any atom is -0.370 e. The lowest BCUT2D eigenvalue weighted by atomic mass is 10.1. The summed E-state index contributed by atoms with van der Waals surface area (Å²) in [5.41, 5.74) is 7.77. The average molecular weight is 348 g/mol. The number of anilines is 1. The van der Waals surface area contributed by atoms with Gasteiger partial charge < -0.3 is 16.0 Å². The standard InChI is InChI=1S/C18H19ClFN3O/c19-16-9-15(4-5-17(16)20)23-7-6-14(11-23)22-10-12-2-1-3-13(8-12)18(21)24/h1-5,8-9,14,22H,6-7,10-11H2,(H2,21,24)/t14-/m1/s1. The summed E-state index contributed by atoms with van der Waals surface area (Å²) in [5.74, 6) is -0.819. The highest BCUT2D eigenvalue weighted by molar-refractivity contribution is 6.31. The molecule has 2 aromatic rings. The summed E-state index contributed by atoms with van der Waals surface area (Å²) >= 11 is 5.86. The van der Waals surface area contributed by atoms with Gasteiger partial charge in [-0.1, -0.05) is 23.7 Å². The van der Waals surface area contributed by atoms with Crippen LogP contribution >= 0.6 is 11.6 Å². The third-order valence-electron chi connectivity index (χ3n) is 4.26. The van der Waals surface area contributed by atoms with Crippen LogP contribution in [0.1, 0.15) is 22.3 Å². The van der Waals surface area contributed by atoms with E-state index in [1.54, 1.807) is 18.2 Å². The molecule has 1 atom stereocenters. The van der Waals surface area contributed by atoms with Crippen molar-refractivity contribution in [2.75, 3.05) is 18.0 Å². The Balaban J connectivity index is 1.57. The third kappa shape index (κ3) is 3.86. The molecule has 6 heteroatoms. The quantitative estimate of drug-likeness (QED) is 0.874. The zero-order valence-electron chi connectivity index (χ0n) is 13.1.